The van der Waals surface area contributed by atoms with Gasteiger partial charge in [-0.2, -0.15) is 0 Å². The van der Waals surface area contributed by atoms with Crippen LogP contribution in [0.2, 0.25) is 0 Å². The standard InChI is InChI=1S/C9H18O3.C4H8.C3H6/c1-3-4-5-11-6-7-12-8-9(2)10;1-2-4-3-1;1-2-3-1/h3-8H2,1-2H3;1-4H2;1-3H2. The van der Waals surface area contributed by atoms with E-state index in [-0.39, 0.29) is 12.4 Å². The highest BCUT2D eigenvalue weighted by molar-refractivity contribution is 5.76. The summed E-state index contributed by atoms with van der Waals surface area (Å²) in [5.74, 6) is 0.0589. The van der Waals surface area contributed by atoms with Gasteiger partial charge in [0.2, 0.25) is 0 Å². The van der Waals surface area contributed by atoms with Crippen LogP contribution in [0.1, 0.15) is 71.6 Å². The van der Waals surface area contributed by atoms with Crippen LogP contribution in [0, 0.1) is 0 Å². The Labute approximate surface area is 119 Å². The molecule has 0 saturated heterocycles. The summed E-state index contributed by atoms with van der Waals surface area (Å²) < 4.78 is 10.2. The maximum Gasteiger partial charge on any atom is 0.155 e. The van der Waals surface area contributed by atoms with Crippen LogP contribution in [-0.2, 0) is 14.3 Å². The molecule has 2 rings (SSSR count). The SMILES string of the molecule is C1CC1.C1CCC1.CCCCOCCOCC(C)=O. The van der Waals surface area contributed by atoms with E-state index in [9.17, 15) is 4.79 Å². The minimum absolute atomic E-state index is 0.0589. The van der Waals surface area contributed by atoms with Gasteiger partial charge in [-0.25, -0.2) is 0 Å². The summed E-state index contributed by atoms with van der Waals surface area (Å²) >= 11 is 0. The molecular formula is C16H32O3. The van der Waals surface area contributed by atoms with Gasteiger partial charge >= 0.3 is 0 Å². The van der Waals surface area contributed by atoms with Crippen LogP contribution in [0.3, 0.4) is 0 Å². The van der Waals surface area contributed by atoms with E-state index in [1.54, 1.807) is 0 Å². The van der Waals surface area contributed by atoms with Crippen molar-refractivity contribution in [3.05, 3.63) is 0 Å². The molecular weight excluding hydrogens is 240 g/mol. The number of hydrogen-bond donors (Lipinski definition) is 0. The van der Waals surface area contributed by atoms with Crippen LogP contribution in [-0.4, -0.2) is 32.2 Å². The van der Waals surface area contributed by atoms with E-state index in [2.05, 4.69) is 6.92 Å². The van der Waals surface area contributed by atoms with Crippen molar-refractivity contribution < 1.29 is 14.3 Å². The number of ketones is 1. The van der Waals surface area contributed by atoms with E-state index in [1.807, 2.05) is 0 Å². The fourth-order valence-corrected chi connectivity index (χ4v) is 0.932. The zero-order valence-corrected chi connectivity index (χ0v) is 12.9. The molecule has 3 nitrogen and oxygen atoms in total. The van der Waals surface area contributed by atoms with Gasteiger partial charge in [0.25, 0.3) is 0 Å². The first-order chi connectivity index (χ1) is 9.27. The van der Waals surface area contributed by atoms with E-state index in [4.69, 9.17) is 9.47 Å². The topological polar surface area (TPSA) is 35.5 Å². The smallest absolute Gasteiger partial charge is 0.155 e. The zero-order chi connectivity index (χ0) is 14.2. The number of ether oxygens (including phenoxy) is 2. The Bertz CT molecular complexity index is 180. The molecule has 0 unspecified atom stereocenters. The molecule has 0 N–H and O–H groups in total. The minimum atomic E-state index is 0.0589. The highest BCUT2D eigenvalue weighted by Gasteiger charge is 1.95. The van der Waals surface area contributed by atoms with Gasteiger partial charge in [0, 0.05) is 6.61 Å². The molecule has 0 aromatic heterocycles. The van der Waals surface area contributed by atoms with Gasteiger partial charge in [0.15, 0.2) is 5.78 Å². The lowest BCUT2D eigenvalue weighted by Crippen LogP contribution is -2.09. The Balaban J connectivity index is 0.000000365. The summed E-state index contributed by atoms with van der Waals surface area (Å²) in [5.41, 5.74) is 0. The van der Waals surface area contributed by atoms with E-state index in [1.165, 1.54) is 51.9 Å². The highest BCUT2D eigenvalue weighted by Crippen LogP contribution is 2.15. The molecule has 0 amide bonds. The average molecular weight is 272 g/mol. The lowest BCUT2D eigenvalue weighted by Gasteiger charge is -2.05. The molecule has 2 fully saturated rings. The summed E-state index contributed by atoms with van der Waals surface area (Å²) in [7, 11) is 0. The number of carbonyl (C=O) groups is 1. The molecule has 2 aliphatic rings. The molecule has 3 heteroatoms. The number of hydrogen-bond acceptors (Lipinski definition) is 3. The first kappa shape index (κ1) is 18.6. The maximum absolute atomic E-state index is 10.4. The van der Waals surface area contributed by atoms with Crippen molar-refractivity contribution in [2.24, 2.45) is 0 Å². The minimum Gasteiger partial charge on any atom is -0.379 e. The fourth-order valence-electron chi connectivity index (χ4n) is 0.932. The van der Waals surface area contributed by atoms with Crippen LogP contribution in [0.25, 0.3) is 0 Å². The largest absolute Gasteiger partial charge is 0.379 e. The average Bonchev–Trinajstić information content (AvgIpc) is 3.12. The lowest BCUT2D eigenvalue weighted by atomic mass is 10.0. The second-order valence-electron chi connectivity index (χ2n) is 5.20. The van der Waals surface area contributed by atoms with E-state index < -0.39 is 0 Å². The Morgan fingerprint density at radius 2 is 1.32 bits per heavy atom. The molecule has 2 saturated carbocycles. The quantitative estimate of drug-likeness (QED) is 0.623. The van der Waals surface area contributed by atoms with Crippen molar-refractivity contribution in [3.8, 4) is 0 Å². The highest BCUT2D eigenvalue weighted by atomic mass is 16.5. The number of rotatable bonds is 8. The third-order valence-corrected chi connectivity index (χ3v) is 2.67. The fraction of sp³-hybridized carbons (Fsp3) is 0.938. The van der Waals surface area contributed by atoms with Crippen molar-refractivity contribution in [2.45, 2.75) is 71.6 Å². The van der Waals surface area contributed by atoms with Gasteiger partial charge in [-0.05, 0) is 13.3 Å². The van der Waals surface area contributed by atoms with Gasteiger partial charge in [-0.1, -0.05) is 58.3 Å². The summed E-state index contributed by atoms with van der Waals surface area (Å²) in [6.45, 7) is 5.74. The normalized spacial score (nSPS) is 15.3. The van der Waals surface area contributed by atoms with Gasteiger partial charge in [0.05, 0.1) is 13.2 Å². The van der Waals surface area contributed by atoms with Crippen LogP contribution in [0.4, 0.5) is 0 Å². The second kappa shape index (κ2) is 15.6. The monoisotopic (exact) mass is 272 g/mol. The summed E-state index contributed by atoms with van der Waals surface area (Å²) in [6.07, 6.45) is 12.7. The molecule has 0 heterocycles. The van der Waals surface area contributed by atoms with E-state index in [0.717, 1.165) is 19.4 Å². The Morgan fingerprint density at radius 1 is 0.842 bits per heavy atom. The number of Topliss-reactive ketones (excluding diaryl/α,β-unsaturated/α-hetero) is 1. The molecule has 0 aliphatic heterocycles. The Morgan fingerprint density at radius 3 is 1.68 bits per heavy atom. The third kappa shape index (κ3) is 23.1. The molecule has 0 aromatic rings. The van der Waals surface area contributed by atoms with Crippen LogP contribution < -0.4 is 0 Å². The molecule has 2 aliphatic carbocycles. The first-order valence-electron chi connectivity index (χ1n) is 7.92. The molecule has 0 radical (unpaired) electrons. The van der Waals surface area contributed by atoms with E-state index in [0.29, 0.717) is 13.2 Å². The van der Waals surface area contributed by atoms with Crippen molar-refractivity contribution in [3.63, 3.8) is 0 Å². The number of unbranched alkanes of at least 4 members (excludes halogenated alkanes) is 1. The van der Waals surface area contributed by atoms with Crippen molar-refractivity contribution in [1.82, 2.24) is 0 Å². The zero-order valence-electron chi connectivity index (χ0n) is 12.9. The molecule has 0 spiro atoms. The molecule has 19 heavy (non-hydrogen) atoms. The van der Waals surface area contributed by atoms with Crippen LogP contribution in [0.5, 0.6) is 0 Å². The van der Waals surface area contributed by atoms with Crippen LogP contribution >= 0.6 is 0 Å². The van der Waals surface area contributed by atoms with Gasteiger partial charge < -0.3 is 9.47 Å². The predicted molar refractivity (Wildman–Crippen MR) is 79.5 cm³/mol. The molecule has 114 valence electrons. The second-order valence-corrected chi connectivity index (χ2v) is 5.20. The summed E-state index contributed by atoms with van der Waals surface area (Å²) in [4.78, 5) is 10.4. The van der Waals surface area contributed by atoms with Crippen molar-refractivity contribution >= 4 is 5.78 Å². The summed E-state index contributed by atoms with van der Waals surface area (Å²) in [6, 6.07) is 0. The van der Waals surface area contributed by atoms with Crippen molar-refractivity contribution in [1.29, 1.82) is 0 Å². The lowest BCUT2D eigenvalue weighted by molar-refractivity contribution is -0.121. The molecule has 0 aromatic carbocycles. The Kier molecular flexibility index (Phi) is 15.3. The summed E-state index contributed by atoms with van der Waals surface area (Å²) in [5, 5.41) is 0. The maximum atomic E-state index is 10.4. The molecule has 0 bridgehead atoms. The van der Waals surface area contributed by atoms with E-state index >= 15 is 0 Å². The van der Waals surface area contributed by atoms with Crippen molar-refractivity contribution in [2.75, 3.05) is 26.4 Å². The molecule has 0 atom stereocenters. The number of carbonyl (C=O) groups excluding carboxylic acids is 1. The van der Waals surface area contributed by atoms with Gasteiger partial charge in [-0.15, -0.1) is 0 Å². The van der Waals surface area contributed by atoms with Crippen LogP contribution in [0.15, 0.2) is 0 Å². The first-order valence-corrected chi connectivity index (χ1v) is 7.92. The predicted octanol–water partition coefficient (Wildman–Crippen LogP) is 4.14. The Hall–Kier alpha value is -0.410. The third-order valence-electron chi connectivity index (χ3n) is 2.67. The van der Waals surface area contributed by atoms with Gasteiger partial charge in [-0.3, -0.25) is 4.79 Å². The van der Waals surface area contributed by atoms with Gasteiger partial charge in [0.1, 0.15) is 6.61 Å².